The second-order valence-electron chi connectivity index (χ2n) is 7.57. The van der Waals surface area contributed by atoms with Gasteiger partial charge in [-0.25, -0.2) is 0 Å². The number of piperidine rings is 1. The third-order valence-corrected chi connectivity index (χ3v) is 7.93. The summed E-state index contributed by atoms with van der Waals surface area (Å²) in [5.74, 6) is 1.17. The molecule has 3 saturated heterocycles. The maximum atomic E-state index is 12.7. The first-order valence-electron chi connectivity index (χ1n) is 9.80. The predicted octanol–water partition coefficient (Wildman–Crippen LogP) is -0.267. The number of carbonyl (C=O) groups is 1. The summed E-state index contributed by atoms with van der Waals surface area (Å²) in [7, 11) is -3.43. The standard InChI is InChI=1S/C17H32N4O4S/c1-15(16-2-4-18-5-3-16)14-17(22)19-6-8-20(9-7-19)26(23,24)21-10-12-25-13-11-21/h15-16,18H,2-14H2,1H3. The number of nitrogens with one attached hydrogen (secondary N) is 1. The number of rotatable bonds is 5. The monoisotopic (exact) mass is 388 g/mol. The minimum Gasteiger partial charge on any atom is -0.379 e. The molecular weight excluding hydrogens is 356 g/mol. The van der Waals surface area contributed by atoms with Crippen molar-refractivity contribution in [2.75, 3.05) is 65.6 Å². The van der Waals surface area contributed by atoms with E-state index in [0.717, 1.165) is 25.9 Å². The van der Waals surface area contributed by atoms with Gasteiger partial charge >= 0.3 is 0 Å². The molecule has 3 rings (SSSR count). The highest BCUT2D eigenvalue weighted by Crippen LogP contribution is 2.25. The molecule has 0 aromatic carbocycles. The summed E-state index contributed by atoms with van der Waals surface area (Å²) >= 11 is 0. The van der Waals surface area contributed by atoms with E-state index in [1.807, 2.05) is 4.90 Å². The molecule has 0 spiro atoms. The molecule has 1 N–H and O–H groups in total. The fourth-order valence-electron chi connectivity index (χ4n) is 4.09. The quantitative estimate of drug-likeness (QED) is 0.701. The fourth-order valence-corrected chi connectivity index (χ4v) is 5.66. The van der Waals surface area contributed by atoms with Crippen molar-refractivity contribution in [1.82, 2.24) is 18.8 Å². The van der Waals surface area contributed by atoms with E-state index in [-0.39, 0.29) is 5.91 Å². The number of hydrogen-bond donors (Lipinski definition) is 1. The van der Waals surface area contributed by atoms with Gasteiger partial charge in [-0.3, -0.25) is 4.79 Å². The van der Waals surface area contributed by atoms with Crippen LogP contribution in [0, 0.1) is 11.8 Å². The number of carbonyl (C=O) groups excluding carboxylic acids is 1. The lowest BCUT2D eigenvalue weighted by molar-refractivity contribution is -0.133. The van der Waals surface area contributed by atoms with Gasteiger partial charge in [0.15, 0.2) is 0 Å². The Labute approximate surface area is 157 Å². The van der Waals surface area contributed by atoms with Gasteiger partial charge in [0.25, 0.3) is 10.2 Å². The summed E-state index contributed by atoms with van der Waals surface area (Å²) < 4.78 is 33.6. The number of amides is 1. The number of morpholine rings is 1. The first kappa shape index (κ1) is 20.0. The van der Waals surface area contributed by atoms with Crippen molar-refractivity contribution >= 4 is 16.1 Å². The molecule has 1 amide bonds. The first-order valence-corrected chi connectivity index (χ1v) is 11.2. The van der Waals surface area contributed by atoms with Crippen molar-refractivity contribution in [3.63, 3.8) is 0 Å². The van der Waals surface area contributed by atoms with E-state index in [0.29, 0.717) is 70.7 Å². The van der Waals surface area contributed by atoms with Gasteiger partial charge in [0.2, 0.25) is 5.91 Å². The molecule has 0 aromatic heterocycles. The van der Waals surface area contributed by atoms with Crippen LogP contribution in [-0.2, 0) is 19.7 Å². The van der Waals surface area contributed by atoms with Gasteiger partial charge in [-0.1, -0.05) is 6.92 Å². The average Bonchev–Trinajstić information content (AvgIpc) is 2.69. The molecule has 3 aliphatic heterocycles. The van der Waals surface area contributed by atoms with Crippen LogP contribution in [0.4, 0.5) is 0 Å². The zero-order valence-corrected chi connectivity index (χ0v) is 16.5. The van der Waals surface area contributed by atoms with Gasteiger partial charge in [-0.15, -0.1) is 0 Å². The molecule has 1 atom stereocenters. The highest BCUT2D eigenvalue weighted by atomic mass is 32.2. The summed E-state index contributed by atoms with van der Waals surface area (Å²) in [6.45, 7) is 7.72. The summed E-state index contributed by atoms with van der Waals surface area (Å²) in [5, 5.41) is 3.36. The van der Waals surface area contributed by atoms with Gasteiger partial charge in [0.05, 0.1) is 13.2 Å². The minimum absolute atomic E-state index is 0.166. The van der Waals surface area contributed by atoms with Crippen molar-refractivity contribution in [2.24, 2.45) is 11.8 Å². The molecule has 3 heterocycles. The maximum Gasteiger partial charge on any atom is 0.282 e. The van der Waals surface area contributed by atoms with E-state index in [1.54, 1.807) is 0 Å². The van der Waals surface area contributed by atoms with Gasteiger partial charge in [-0.2, -0.15) is 17.0 Å². The Morgan fingerprint density at radius 1 is 1.04 bits per heavy atom. The van der Waals surface area contributed by atoms with E-state index in [9.17, 15) is 13.2 Å². The summed E-state index contributed by atoms with van der Waals surface area (Å²) in [6, 6.07) is 0. The lowest BCUT2D eigenvalue weighted by Gasteiger charge is -2.38. The van der Waals surface area contributed by atoms with Crippen LogP contribution >= 0.6 is 0 Å². The first-order chi connectivity index (χ1) is 12.5. The second kappa shape index (κ2) is 8.97. The van der Waals surface area contributed by atoms with Crippen LogP contribution in [0.2, 0.25) is 0 Å². The van der Waals surface area contributed by atoms with Crippen LogP contribution in [0.25, 0.3) is 0 Å². The zero-order valence-electron chi connectivity index (χ0n) is 15.7. The van der Waals surface area contributed by atoms with Crippen molar-refractivity contribution in [1.29, 1.82) is 0 Å². The topological polar surface area (TPSA) is 82.2 Å². The summed E-state index contributed by atoms with van der Waals surface area (Å²) in [6.07, 6.45) is 2.85. The van der Waals surface area contributed by atoms with Gasteiger partial charge in [0, 0.05) is 45.7 Å². The molecule has 0 bridgehead atoms. The number of ether oxygens (including phenoxy) is 1. The van der Waals surface area contributed by atoms with E-state index in [2.05, 4.69) is 12.2 Å². The Hall–Kier alpha value is -0.740. The molecule has 0 radical (unpaired) electrons. The van der Waals surface area contributed by atoms with Crippen LogP contribution in [0.15, 0.2) is 0 Å². The van der Waals surface area contributed by atoms with E-state index < -0.39 is 10.2 Å². The number of nitrogens with zero attached hydrogens (tertiary/aromatic N) is 3. The van der Waals surface area contributed by atoms with Crippen LogP contribution in [0.1, 0.15) is 26.2 Å². The molecular formula is C17H32N4O4S. The third-order valence-electron chi connectivity index (χ3n) is 5.90. The van der Waals surface area contributed by atoms with Crippen LogP contribution in [-0.4, -0.2) is 93.4 Å². The SMILES string of the molecule is CC(CC(=O)N1CCN(S(=O)(=O)N2CCOCC2)CC1)C1CCNCC1. The van der Waals surface area contributed by atoms with Crippen molar-refractivity contribution in [2.45, 2.75) is 26.2 Å². The molecule has 8 nitrogen and oxygen atoms in total. The molecule has 3 aliphatic rings. The third kappa shape index (κ3) is 4.75. The molecule has 0 aromatic rings. The van der Waals surface area contributed by atoms with Gasteiger partial charge in [0.1, 0.15) is 0 Å². The normalized spacial score (nSPS) is 26.0. The fraction of sp³-hybridized carbons (Fsp3) is 0.941. The smallest absolute Gasteiger partial charge is 0.282 e. The highest BCUT2D eigenvalue weighted by Gasteiger charge is 2.34. The predicted molar refractivity (Wildman–Crippen MR) is 98.8 cm³/mol. The van der Waals surface area contributed by atoms with Crippen molar-refractivity contribution in [3.05, 3.63) is 0 Å². The zero-order chi connectivity index (χ0) is 18.6. The van der Waals surface area contributed by atoms with Crippen LogP contribution in [0.3, 0.4) is 0 Å². The summed E-state index contributed by atoms with van der Waals surface area (Å²) in [4.78, 5) is 14.5. The van der Waals surface area contributed by atoms with E-state index in [4.69, 9.17) is 4.74 Å². The van der Waals surface area contributed by atoms with E-state index in [1.165, 1.54) is 8.61 Å². The second-order valence-corrected chi connectivity index (χ2v) is 9.50. The maximum absolute atomic E-state index is 12.7. The molecule has 150 valence electrons. The van der Waals surface area contributed by atoms with Gasteiger partial charge < -0.3 is 15.0 Å². The number of hydrogen-bond acceptors (Lipinski definition) is 5. The van der Waals surface area contributed by atoms with Crippen LogP contribution < -0.4 is 5.32 Å². The Morgan fingerprint density at radius 2 is 1.62 bits per heavy atom. The molecule has 26 heavy (non-hydrogen) atoms. The van der Waals surface area contributed by atoms with Crippen molar-refractivity contribution < 1.29 is 17.9 Å². The lowest BCUT2D eigenvalue weighted by Crippen LogP contribution is -2.55. The highest BCUT2D eigenvalue weighted by molar-refractivity contribution is 7.86. The lowest BCUT2D eigenvalue weighted by atomic mass is 9.84. The Kier molecular flexibility index (Phi) is 6.90. The number of piperazine rings is 1. The minimum atomic E-state index is -3.43. The molecule has 0 saturated carbocycles. The summed E-state index contributed by atoms with van der Waals surface area (Å²) in [5.41, 5.74) is 0. The Bertz CT molecular complexity index is 565. The molecule has 9 heteroatoms. The Balaban J connectivity index is 1.47. The molecule has 0 aliphatic carbocycles. The van der Waals surface area contributed by atoms with Crippen molar-refractivity contribution in [3.8, 4) is 0 Å². The molecule has 1 unspecified atom stereocenters. The average molecular weight is 389 g/mol. The largest absolute Gasteiger partial charge is 0.379 e. The van der Waals surface area contributed by atoms with Gasteiger partial charge in [-0.05, 0) is 37.8 Å². The Morgan fingerprint density at radius 3 is 2.23 bits per heavy atom. The molecule has 3 fully saturated rings. The van der Waals surface area contributed by atoms with Crippen LogP contribution in [0.5, 0.6) is 0 Å². The van der Waals surface area contributed by atoms with E-state index >= 15 is 0 Å².